The number of carbonyl (C=O) groups is 2. The quantitative estimate of drug-likeness (QED) is 0.729. The van der Waals surface area contributed by atoms with Crippen LogP contribution in [0.4, 0.5) is 16.2 Å². The van der Waals surface area contributed by atoms with E-state index in [9.17, 15) is 9.59 Å². The molecule has 27 heavy (non-hydrogen) atoms. The first-order valence-corrected chi connectivity index (χ1v) is 9.99. The molecule has 2 N–H and O–H groups in total. The van der Waals surface area contributed by atoms with Crippen molar-refractivity contribution in [1.82, 2.24) is 4.90 Å². The zero-order valence-corrected chi connectivity index (χ0v) is 16.5. The van der Waals surface area contributed by atoms with Gasteiger partial charge in [0.15, 0.2) is 0 Å². The lowest BCUT2D eigenvalue weighted by Gasteiger charge is -2.44. The van der Waals surface area contributed by atoms with Crippen LogP contribution in [0.5, 0.6) is 0 Å². The fraction of sp³-hybridized carbons (Fsp3) is 0.619. The first-order chi connectivity index (χ1) is 12.8. The van der Waals surface area contributed by atoms with Crippen molar-refractivity contribution >= 4 is 23.4 Å². The lowest BCUT2D eigenvalue weighted by molar-refractivity contribution is -0.122. The maximum absolute atomic E-state index is 12.9. The molecule has 0 saturated carbocycles. The van der Waals surface area contributed by atoms with Gasteiger partial charge in [0, 0.05) is 13.1 Å². The third-order valence-corrected chi connectivity index (χ3v) is 5.81. The van der Waals surface area contributed by atoms with E-state index in [1.165, 1.54) is 24.0 Å². The number of anilines is 2. The van der Waals surface area contributed by atoms with Gasteiger partial charge in [-0.3, -0.25) is 4.79 Å². The number of nitrogens with one attached hydrogen (secondary N) is 2. The molecule has 0 unspecified atom stereocenters. The number of ether oxygens (including phenoxy) is 1. The summed E-state index contributed by atoms with van der Waals surface area (Å²) >= 11 is 0. The highest BCUT2D eigenvalue weighted by Gasteiger charge is 2.45. The topological polar surface area (TPSA) is 70.7 Å². The summed E-state index contributed by atoms with van der Waals surface area (Å²) in [6, 6.07) is 4.35. The number of hydrogen-bond donors (Lipinski definition) is 2. The van der Waals surface area contributed by atoms with Crippen LogP contribution in [0.25, 0.3) is 0 Å². The smallest absolute Gasteiger partial charge is 0.410 e. The highest BCUT2D eigenvalue weighted by Crippen LogP contribution is 2.39. The third-order valence-electron chi connectivity index (χ3n) is 5.81. The summed E-state index contributed by atoms with van der Waals surface area (Å²) in [6.07, 6.45) is 5.50. The molecule has 1 saturated heterocycles. The van der Waals surface area contributed by atoms with Crippen molar-refractivity contribution in [3.05, 3.63) is 23.3 Å². The first-order valence-electron chi connectivity index (χ1n) is 9.99. The Morgan fingerprint density at radius 3 is 2.26 bits per heavy atom. The molecule has 1 aromatic carbocycles. The Bertz CT molecular complexity index is 774. The van der Waals surface area contributed by atoms with Gasteiger partial charge in [0.1, 0.15) is 11.1 Å². The lowest BCUT2D eigenvalue weighted by Crippen LogP contribution is -2.59. The molecule has 146 valence electrons. The Balaban J connectivity index is 1.49. The second kappa shape index (κ2) is 6.43. The van der Waals surface area contributed by atoms with E-state index >= 15 is 0 Å². The molecule has 1 fully saturated rings. The number of amides is 2. The number of likely N-dealkylation sites (tertiary alicyclic amines) is 1. The van der Waals surface area contributed by atoms with E-state index in [1.807, 2.05) is 20.8 Å². The fourth-order valence-electron chi connectivity index (χ4n) is 4.30. The monoisotopic (exact) mass is 371 g/mol. The number of hydrogen-bond acceptors (Lipinski definition) is 4. The number of benzene rings is 1. The molecule has 2 heterocycles. The van der Waals surface area contributed by atoms with Crippen molar-refractivity contribution < 1.29 is 14.3 Å². The van der Waals surface area contributed by atoms with E-state index in [4.69, 9.17) is 4.74 Å². The van der Waals surface area contributed by atoms with Crippen LogP contribution in [0.3, 0.4) is 0 Å². The van der Waals surface area contributed by atoms with Gasteiger partial charge < -0.3 is 20.3 Å². The third kappa shape index (κ3) is 3.49. The Hall–Kier alpha value is -2.24. The minimum absolute atomic E-state index is 0.00889. The minimum atomic E-state index is -0.644. The summed E-state index contributed by atoms with van der Waals surface area (Å²) in [5, 5.41) is 6.65. The molecule has 2 amide bonds. The second-order valence-electron chi connectivity index (χ2n) is 9.00. The molecule has 1 aliphatic carbocycles. The molecule has 4 rings (SSSR count). The number of carbonyl (C=O) groups excluding carboxylic acids is 2. The van der Waals surface area contributed by atoms with Gasteiger partial charge in [-0.2, -0.15) is 0 Å². The maximum atomic E-state index is 12.9. The molecule has 1 spiro atoms. The Morgan fingerprint density at radius 2 is 1.67 bits per heavy atom. The van der Waals surface area contributed by atoms with Crippen molar-refractivity contribution in [1.29, 1.82) is 0 Å². The predicted molar refractivity (Wildman–Crippen MR) is 105 cm³/mol. The summed E-state index contributed by atoms with van der Waals surface area (Å²) in [4.78, 5) is 26.9. The van der Waals surface area contributed by atoms with Crippen molar-refractivity contribution in [2.24, 2.45) is 0 Å². The zero-order chi connectivity index (χ0) is 19.2. The molecular weight excluding hydrogens is 342 g/mol. The van der Waals surface area contributed by atoms with Crippen LogP contribution in [0, 0.1) is 0 Å². The minimum Gasteiger partial charge on any atom is -0.444 e. The van der Waals surface area contributed by atoms with Crippen molar-refractivity contribution in [3.8, 4) is 0 Å². The molecule has 0 radical (unpaired) electrons. The molecule has 3 aliphatic rings. The van der Waals surface area contributed by atoms with Crippen LogP contribution in [-0.4, -0.2) is 41.1 Å². The Morgan fingerprint density at radius 1 is 1.07 bits per heavy atom. The van der Waals surface area contributed by atoms with Crippen LogP contribution < -0.4 is 10.6 Å². The highest BCUT2D eigenvalue weighted by atomic mass is 16.6. The number of fused-ring (bicyclic) bond motifs is 2. The van der Waals surface area contributed by atoms with E-state index in [0.717, 1.165) is 24.2 Å². The first kappa shape index (κ1) is 18.1. The summed E-state index contributed by atoms with van der Waals surface area (Å²) in [6.45, 7) is 6.61. The number of nitrogens with zero attached hydrogens (tertiary/aromatic N) is 1. The van der Waals surface area contributed by atoms with Crippen LogP contribution in [0.1, 0.15) is 57.6 Å². The van der Waals surface area contributed by atoms with Gasteiger partial charge in [-0.1, -0.05) is 0 Å². The summed E-state index contributed by atoms with van der Waals surface area (Å²) in [5.41, 5.74) is 3.50. The normalized spacial score (nSPS) is 21.0. The molecule has 0 bridgehead atoms. The molecule has 0 atom stereocenters. The van der Waals surface area contributed by atoms with E-state index in [2.05, 4.69) is 22.8 Å². The maximum Gasteiger partial charge on any atom is 0.410 e. The van der Waals surface area contributed by atoms with Crippen LogP contribution >= 0.6 is 0 Å². The SMILES string of the molecule is CC(C)(C)OC(=O)N1CCC2(CC1)Nc1cc3c(cc1NC2=O)CCCC3. The second-order valence-corrected chi connectivity index (χ2v) is 9.00. The average Bonchev–Trinajstić information content (AvgIpc) is 2.60. The van der Waals surface area contributed by atoms with E-state index in [-0.39, 0.29) is 12.0 Å². The predicted octanol–water partition coefficient (Wildman–Crippen LogP) is 3.70. The molecule has 1 aromatic rings. The fourth-order valence-corrected chi connectivity index (χ4v) is 4.30. The summed E-state index contributed by atoms with van der Waals surface area (Å²) in [5.74, 6) is 0.00889. The van der Waals surface area contributed by atoms with E-state index in [1.54, 1.807) is 4.90 Å². The standard InChI is InChI=1S/C21H29N3O3/c1-20(2,3)27-19(26)24-10-8-21(9-11-24)18(25)22-16-12-14-6-4-5-7-15(14)13-17(16)23-21/h12-13,23H,4-11H2,1-3H3,(H,22,25). The van der Waals surface area contributed by atoms with Crippen LogP contribution in [-0.2, 0) is 22.4 Å². The van der Waals surface area contributed by atoms with Gasteiger partial charge in [0.05, 0.1) is 11.4 Å². The van der Waals surface area contributed by atoms with Gasteiger partial charge in [-0.15, -0.1) is 0 Å². The lowest BCUT2D eigenvalue weighted by atomic mass is 9.83. The van der Waals surface area contributed by atoms with Crippen molar-refractivity contribution in [2.75, 3.05) is 23.7 Å². The van der Waals surface area contributed by atoms with Gasteiger partial charge >= 0.3 is 6.09 Å². The van der Waals surface area contributed by atoms with Crippen molar-refractivity contribution in [2.45, 2.75) is 70.4 Å². The number of rotatable bonds is 0. The molecular formula is C21H29N3O3. The van der Waals surface area contributed by atoms with Crippen LogP contribution in [0.2, 0.25) is 0 Å². The van der Waals surface area contributed by atoms with Gasteiger partial charge in [-0.25, -0.2) is 4.79 Å². The Labute approximate surface area is 160 Å². The largest absolute Gasteiger partial charge is 0.444 e. The van der Waals surface area contributed by atoms with Gasteiger partial charge in [0.2, 0.25) is 5.91 Å². The average molecular weight is 371 g/mol. The Kier molecular flexibility index (Phi) is 4.32. The van der Waals surface area contributed by atoms with Gasteiger partial charge in [-0.05, 0) is 82.6 Å². The molecule has 6 nitrogen and oxygen atoms in total. The summed E-state index contributed by atoms with van der Waals surface area (Å²) < 4.78 is 5.46. The number of aryl methyl sites for hydroxylation is 2. The van der Waals surface area contributed by atoms with E-state index in [0.29, 0.717) is 25.9 Å². The van der Waals surface area contributed by atoms with Crippen molar-refractivity contribution in [3.63, 3.8) is 0 Å². The molecule has 0 aromatic heterocycles. The molecule has 6 heteroatoms. The van der Waals surface area contributed by atoms with E-state index < -0.39 is 11.1 Å². The zero-order valence-electron chi connectivity index (χ0n) is 16.5. The van der Waals surface area contributed by atoms with Crippen LogP contribution in [0.15, 0.2) is 12.1 Å². The summed E-state index contributed by atoms with van der Waals surface area (Å²) in [7, 11) is 0. The highest BCUT2D eigenvalue weighted by molar-refractivity contribution is 6.06. The molecule has 2 aliphatic heterocycles. The number of piperidine rings is 1. The van der Waals surface area contributed by atoms with Gasteiger partial charge in [0.25, 0.3) is 0 Å².